The molecule has 0 amide bonds. The second kappa shape index (κ2) is 8.88. The molecule has 0 spiro atoms. The minimum Gasteiger partial charge on any atom is -0.452 e. The van der Waals surface area contributed by atoms with Gasteiger partial charge in [-0.3, -0.25) is 4.98 Å². The summed E-state index contributed by atoms with van der Waals surface area (Å²) in [4.78, 5) is 20.2. The summed E-state index contributed by atoms with van der Waals surface area (Å²) in [6.45, 7) is 0.471. The summed E-state index contributed by atoms with van der Waals surface area (Å²) in [5.74, 6) is -1.72. The third kappa shape index (κ3) is 4.60. The molecule has 162 valence electrons. The van der Waals surface area contributed by atoms with E-state index in [1.165, 1.54) is 10.5 Å². The number of carbonyl (C=O) groups is 1. The maximum absolute atomic E-state index is 14.2. The molecule has 1 aliphatic heterocycles. The molecule has 10 nitrogen and oxygen atoms in total. The summed E-state index contributed by atoms with van der Waals surface area (Å²) < 4.78 is 56.1. The Bertz CT molecular complexity index is 1180. The number of rotatable bonds is 6. The van der Waals surface area contributed by atoms with Crippen molar-refractivity contribution in [2.45, 2.75) is 11.5 Å². The van der Waals surface area contributed by atoms with Gasteiger partial charge in [0.1, 0.15) is 5.82 Å². The number of carbonyl (C=O) groups excluding carboxylic acids is 1. The first-order valence-corrected chi connectivity index (χ1v) is 10.7. The van der Waals surface area contributed by atoms with E-state index in [9.17, 15) is 17.6 Å². The van der Waals surface area contributed by atoms with Crippen molar-refractivity contribution in [3.8, 4) is 11.4 Å². The van der Waals surface area contributed by atoms with Crippen LogP contribution in [0.1, 0.15) is 16.2 Å². The molecule has 0 atom stereocenters. The first-order valence-electron chi connectivity index (χ1n) is 9.23. The van der Waals surface area contributed by atoms with Crippen LogP contribution in [0, 0.1) is 5.82 Å². The molecular formula is C19H17FN4O6S. The normalized spacial score (nSPS) is 15.0. The number of ether oxygens (including phenoxy) is 2. The number of pyridine rings is 1. The van der Waals surface area contributed by atoms with E-state index in [0.717, 1.165) is 18.2 Å². The lowest BCUT2D eigenvalue weighted by molar-refractivity contribution is 0.0424. The highest BCUT2D eigenvalue weighted by atomic mass is 32.2. The van der Waals surface area contributed by atoms with Crippen molar-refractivity contribution in [1.29, 1.82) is 0 Å². The van der Waals surface area contributed by atoms with E-state index in [0.29, 0.717) is 5.56 Å². The molecule has 3 heterocycles. The number of sulfonamides is 1. The van der Waals surface area contributed by atoms with Crippen LogP contribution in [0.2, 0.25) is 0 Å². The Hall–Kier alpha value is -3.22. The van der Waals surface area contributed by atoms with Gasteiger partial charge in [0, 0.05) is 31.0 Å². The number of aromatic nitrogens is 3. The van der Waals surface area contributed by atoms with Gasteiger partial charge in [-0.25, -0.2) is 17.6 Å². The summed E-state index contributed by atoms with van der Waals surface area (Å²) in [7, 11) is -3.90. The minimum atomic E-state index is -3.90. The van der Waals surface area contributed by atoms with E-state index in [1.807, 2.05) is 0 Å². The van der Waals surface area contributed by atoms with Crippen LogP contribution in [-0.4, -0.2) is 60.1 Å². The predicted octanol–water partition coefficient (Wildman–Crippen LogP) is 1.65. The number of halogens is 1. The molecule has 4 rings (SSSR count). The van der Waals surface area contributed by atoms with E-state index < -0.39 is 34.0 Å². The van der Waals surface area contributed by atoms with Crippen LogP contribution in [0.25, 0.3) is 11.4 Å². The molecule has 0 radical (unpaired) electrons. The zero-order valence-electron chi connectivity index (χ0n) is 16.1. The van der Waals surface area contributed by atoms with E-state index in [1.54, 1.807) is 18.3 Å². The molecule has 1 aromatic carbocycles. The van der Waals surface area contributed by atoms with Gasteiger partial charge in [-0.1, -0.05) is 5.16 Å². The van der Waals surface area contributed by atoms with Gasteiger partial charge in [0.05, 0.1) is 23.7 Å². The standard InChI is InChI=1S/C19H17FN4O6S/c20-16-4-3-14(31(26,27)24-6-8-28-9-7-24)10-15(16)19(25)29-12-17-22-18(23-30-17)13-2-1-5-21-11-13/h1-5,10-11H,6-9,12H2. The molecule has 2 aromatic heterocycles. The van der Waals surface area contributed by atoms with Crippen LogP contribution in [0.3, 0.4) is 0 Å². The van der Waals surface area contributed by atoms with E-state index in [-0.39, 0.29) is 42.9 Å². The smallest absolute Gasteiger partial charge is 0.341 e. The molecule has 0 N–H and O–H groups in total. The molecule has 12 heteroatoms. The fourth-order valence-corrected chi connectivity index (χ4v) is 4.32. The number of nitrogens with zero attached hydrogens (tertiary/aromatic N) is 4. The van der Waals surface area contributed by atoms with Crippen LogP contribution in [0.15, 0.2) is 52.1 Å². The van der Waals surface area contributed by atoms with E-state index >= 15 is 0 Å². The summed E-state index contributed by atoms with van der Waals surface area (Å²) >= 11 is 0. The van der Waals surface area contributed by atoms with Gasteiger partial charge in [0.25, 0.3) is 5.89 Å². The summed E-state index contributed by atoms with van der Waals surface area (Å²) in [5, 5.41) is 3.77. The summed E-state index contributed by atoms with van der Waals surface area (Å²) in [5.41, 5.74) is 0.0947. The van der Waals surface area contributed by atoms with Crippen molar-refractivity contribution in [2.75, 3.05) is 26.3 Å². The van der Waals surface area contributed by atoms with Gasteiger partial charge < -0.3 is 14.0 Å². The topological polar surface area (TPSA) is 125 Å². The third-order valence-corrected chi connectivity index (χ3v) is 6.37. The second-order valence-corrected chi connectivity index (χ2v) is 8.43. The first kappa shape index (κ1) is 21.0. The molecule has 1 fully saturated rings. The van der Waals surface area contributed by atoms with Gasteiger partial charge in [-0.15, -0.1) is 0 Å². The van der Waals surface area contributed by atoms with Gasteiger partial charge in [-0.2, -0.15) is 9.29 Å². The molecule has 0 saturated carbocycles. The lowest BCUT2D eigenvalue weighted by Gasteiger charge is -2.26. The van der Waals surface area contributed by atoms with Crippen LogP contribution in [0.4, 0.5) is 4.39 Å². The van der Waals surface area contributed by atoms with Gasteiger partial charge in [-0.05, 0) is 30.3 Å². The zero-order chi connectivity index (χ0) is 21.8. The van der Waals surface area contributed by atoms with Gasteiger partial charge in [0.2, 0.25) is 15.8 Å². The molecule has 0 unspecified atom stereocenters. The molecule has 0 aliphatic carbocycles. The number of hydrogen-bond acceptors (Lipinski definition) is 9. The Morgan fingerprint density at radius 2 is 2.03 bits per heavy atom. The Balaban J connectivity index is 1.47. The minimum absolute atomic E-state index is 0.00953. The number of hydrogen-bond donors (Lipinski definition) is 0. The largest absolute Gasteiger partial charge is 0.452 e. The van der Waals surface area contributed by atoms with Crippen molar-refractivity contribution in [2.24, 2.45) is 0 Å². The highest BCUT2D eigenvalue weighted by molar-refractivity contribution is 7.89. The zero-order valence-corrected chi connectivity index (χ0v) is 16.9. The molecule has 3 aromatic rings. The molecule has 31 heavy (non-hydrogen) atoms. The average molecular weight is 448 g/mol. The maximum atomic E-state index is 14.2. The van der Waals surface area contributed by atoms with E-state index in [2.05, 4.69) is 15.1 Å². The fraction of sp³-hybridized carbons (Fsp3) is 0.263. The summed E-state index contributed by atoms with van der Waals surface area (Å²) in [6.07, 6.45) is 3.13. The Morgan fingerprint density at radius 1 is 1.23 bits per heavy atom. The highest BCUT2D eigenvalue weighted by Gasteiger charge is 2.28. The number of benzene rings is 1. The number of esters is 1. The van der Waals surface area contributed by atoms with Gasteiger partial charge in [0.15, 0.2) is 6.61 Å². The van der Waals surface area contributed by atoms with Crippen molar-refractivity contribution >= 4 is 16.0 Å². The number of morpholine rings is 1. The lowest BCUT2D eigenvalue weighted by Crippen LogP contribution is -2.40. The fourth-order valence-electron chi connectivity index (χ4n) is 2.89. The highest BCUT2D eigenvalue weighted by Crippen LogP contribution is 2.21. The SMILES string of the molecule is O=C(OCc1nc(-c2cccnc2)no1)c1cc(S(=O)(=O)N2CCOCC2)ccc1F. The third-order valence-electron chi connectivity index (χ3n) is 4.48. The lowest BCUT2D eigenvalue weighted by atomic mass is 10.2. The molecule has 0 bridgehead atoms. The Kier molecular flexibility index (Phi) is 6.02. The van der Waals surface area contributed by atoms with Crippen LogP contribution in [0.5, 0.6) is 0 Å². The maximum Gasteiger partial charge on any atom is 0.341 e. The Morgan fingerprint density at radius 3 is 2.77 bits per heavy atom. The van der Waals surface area contributed by atoms with Crippen molar-refractivity contribution in [3.63, 3.8) is 0 Å². The monoisotopic (exact) mass is 448 g/mol. The molecular weight excluding hydrogens is 431 g/mol. The van der Waals surface area contributed by atoms with Crippen LogP contribution >= 0.6 is 0 Å². The Labute approximate surface area is 176 Å². The van der Waals surface area contributed by atoms with Gasteiger partial charge >= 0.3 is 5.97 Å². The molecule has 1 aliphatic rings. The van der Waals surface area contributed by atoms with Crippen LogP contribution < -0.4 is 0 Å². The van der Waals surface area contributed by atoms with Crippen molar-refractivity contribution < 1.29 is 31.6 Å². The first-order chi connectivity index (χ1) is 14.9. The quantitative estimate of drug-likeness (QED) is 0.518. The summed E-state index contributed by atoms with van der Waals surface area (Å²) in [6, 6.07) is 6.40. The van der Waals surface area contributed by atoms with Crippen molar-refractivity contribution in [3.05, 3.63) is 60.0 Å². The molecule has 1 saturated heterocycles. The van der Waals surface area contributed by atoms with Crippen LogP contribution in [-0.2, 0) is 26.1 Å². The van der Waals surface area contributed by atoms with Crippen molar-refractivity contribution in [1.82, 2.24) is 19.4 Å². The average Bonchev–Trinajstić information content (AvgIpc) is 3.28. The second-order valence-electron chi connectivity index (χ2n) is 6.49. The van der Waals surface area contributed by atoms with E-state index in [4.69, 9.17) is 14.0 Å². The predicted molar refractivity (Wildman–Crippen MR) is 103 cm³/mol.